The van der Waals surface area contributed by atoms with Gasteiger partial charge in [-0.25, -0.2) is 0 Å². The third kappa shape index (κ3) is 5.61. The first-order valence-electron chi connectivity index (χ1n) is 12.0. The maximum absolute atomic E-state index is 13.5. The number of benzene rings is 2. The smallest absolute Gasteiger partial charge is 0.254 e. The van der Waals surface area contributed by atoms with Crippen LogP contribution in [0.25, 0.3) is 0 Å². The van der Waals surface area contributed by atoms with Crippen molar-refractivity contribution in [3.8, 4) is 6.07 Å². The van der Waals surface area contributed by atoms with Crippen molar-refractivity contribution in [1.29, 1.82) is 5.26 Å². The van der Waals surface area contributed by atoms with Gasteiger partial charge in [-0.3, -0.25) is 9.59 Å². The van der Waals surface area contributed by atoms with E-state index in [0.717, 1.165) is 62.6 Å². The van der Waals surface area contributed by atoms with Gasteiger partial charge in [0, 0.05) is 35.8 Å². The Hall–Kier alpha value is -3.17. The van der Waals surface area contributed by atoms with E-state index < -0.39 is 0 Å². The van der Waals surface area contributed by atoms with E-state index >= 15 is 0 Å². The maximum atomic E-state index is 13.5. The molecular weight excluding hydrogens is 412 g/mol. The summed E-state index contributed by atoms with van der Waals surface area (Å²) in [5.74, 6) is 0.157. The zero-order chi connectivity index (χ0) is 23.2. The zero-order valence-corrected chi connectivity index (χ0v) is 19.0. The predicted octanol–water partition coefficient (Wildman–Crippen LogP) is 4.60. The van der Waals surface area contributed by atoms with Crippen molar-refractivity contribution in [3.05, 3.63) is 65.2 Å². The molecule has 0 aliphatic heterocycles. The number of nitrogens with two attached hydrogens (primary N) is 1. The lowest BCUT2D eigenvalue weighted by atomic mass is 9.89. The SMILES string of the molecule is N#Cc1ccc(C(=O)N(Cc2ccc(NC(=O)C3CCCC3)cc2)C2CCCCC2N)cc1. The van der Waals surface area contributed by atoms with E-state index in [1.807, 2.05) is 29.2 Å². The van der Waals surface area contributed by atoms with Crippen molar-refractivity contribution in [2.45, 2.75) is 70.0 Å². The highest BCUT2D eigenvalue weighted by Gasteiger charge is 2.31. The number of hydrogen-bond donors (Lipinski definition) is 2. The second kappa shape index (κ2) is 10.6. The molecule has 2 fully saturated rings. The maximum Gasteiger partial charge on any atom is 0.254 e. The van der Waals surface area contributed by atoms with Crippen LogP contribution in [-0.4, -0.2) is 28.8 Å². The zero-order valence-electron chi connectivity index (χ0n) is 19.0. The van der Waals surface area contributed by atoms with Gasteiger partial charge in [-0.15, -0.1) is 0 Å². The Morgan fingerprint density at radius 1 is 0.939 bits per heavy atom. The highest BCUT2D eigenvalue weighted by molar-refractivity contribution is 5.95. The normalized spacial score (nSPS) is 20.7. The third-order valence-electron chi connectivity index (χ3n) is 7.00. The molecule has 4 rings (SSSR count). The largest absolute Gasteiger partial charge is 0.330 e. The first-order valence-corrected chi connectivity index (χ1v) is 12.0. The lowest BCUT2D eigenvalue weighted by Gasteiger charge is -2.38. The number of hydrogen-bond acceptors (Lipinski definition) is 4. The van der Waals surface area contributed by atoms with E-state index in [2.05, 4.69) is 11.4 Å². The van der Waals surface area contributed by atoms with Crippen molar-refractivity contribution >= 4 is 17.5 Å². The molecule has 2 unspecified atom stereocenters. The highest BCUT2D eigenvalue weighted by atomic mass is 16.2. The van der Waals surface area contributed by atoms with Crippen molar-refractivity contribution < 1.29 is 9.59 Å². The summed E-state index contributed by atoms with van der Waals surface area (Å²) in [6.45, 7) is 0.452. The number of rotatable bonds is 6. The van der Waals surface area contributed by atoms with Crippen LogP contribution in [0.15, 0.2) is 48.5 Å². The molecule has 2 saturated carbocycles. The number of amides is 2. The summed E-state index contributed by atoms with van der Waals surface area (Å²) in [7, 11) is 0. The summed E-state index contributed by atoms with van der Waals surface area (Å²) >= 11 is 0. The fraction of sp³-hybridized carbons (Fsp3) is 0.444. The van der Waals surface area contributed by atoms with Gasteiger partial charge in [0.2, 0.25) is 5.91 Å². The molecule has 0 radical (unpaired) electrons. The molecule has 3 N–H and O–H groups in total. The van der Waals surface area contributed by atoms with Crippen LogP contribution in [-0.2, 0) is 11.3 Å². The molecule has 172 valence electrons. The number of anilines is 1. The van der Waals surface area contributed by atoms with Crippen molar-refractivity contribution in [2.24, 2.45) is 11.7 Å². The topological polar surface area (TPSA) is 99.2 Å². The first-order chi connectivity index (χ1) is 16.0. The fourth-order valence-corrected chi connectivity index (χ4v) is 5.04. The second-order valence-corrected chi connectivity index (χ2v) is 9.31. The van der Waals surface area contributed by atoms with Gasteiger partial charge in [-0.1, -0.05) is 37.8 Å². The van der Waals surface area contributed by atoms with Crippen LogP contribution in [0, 0.1) is 17.2 Å². The van der Waals surface area contributed by atoms with Gasteiger partial charge >= 0.3 is 0 Å². The molecule has 6 heteroatoms. The van der Waals surface area contributed by atoms with Gasteiger partial charge in [0.1, 0.15) is 0 Å². The number of nitrogens with one attached hydrogen (secondary N) is 1. The lowest BCUT2D eigenvalue weighted by Crippen LogP contribution is -2.51. The molecular formula is C27H32N4O2. The van der Waals surface area contributed by atoms with E-state index in [1.54, 1.807) is 24.3 Å². The summed E-state index contributed by atoms with van der Waals surface area (Å²) in [5, 5.41) is 12.1. The summed E-state index contributed by atoms with van der Waals surface area (Å²) in [5.41, 5.74) is 9.32. The Kier molecular flexibility index (Phi) is 7.41. The Balaban J connectivity index is 1.50. The number of nitriles is 1. The van der Waals surface area contributed by atoms with E-state index in [-0.39, 0.29) is 29.8 Å². The van der Waals surface area contributed by atoms with Gasteiger partial charge in [0.25, 0.3) is 5.91 Å². The van der Waals surface area contributed by atoms with Crippen LogP contribution in [0.4, 0.5) is 5.69 Å². The minimum atomic E-state index is -0.0690. The highest BCUT2D eigenvalue weighted by Crippen LogP contribution is 2.27. The Morgan fingerprint density at radius 3 is 2.21 bits per heavy atom. The van der Waals surface area contributed by atoms with Gasteiger partial charge in [-0.05, 0) is 67.6 Å². The average Bonchev–Trinajstić information content (AvgIpc) is 3.39. The molecule has 6 nitrogen and oxygen atoms in total. The molecule has 2 atom stereocenters. The predicted molar refractivity (Wildman–Crippen MR) is 128 cm³/mol. The van der Waals surface area contributed by atoms with Crippen molar-refractivity contribution in [1.82, 2.24) is 4.90 Å². The molecule has 0 saturated heterocycles. The Labute approximate surface area is 195 Å². The summed E-state index contributed by atoms with van der Waals surface area (Å²) < 4.78 is 0. The van der Waals surface area contributed by atoms with Crippen LogP contribution in [0.1, 0.15) is 72.9 Å². The minimum Gasteiger partial charge on any atom is -0.330 e. The van der Waals surface area contributed by atoms with Crippen LogP contribution in [0.3, 0.4) is 0 Å². The Bertz CT molecular complexity index is 1000. The molecule has 2 aliphatic carbocycles. The number of carbonyl (C=O) groups excluding carboxylic acids is 2. The molecule has 2 amide bonds. The van der Waals surface area contributed by atoms with Gasteiger partial charge in [0.05, 0.1) is 11.6 Å². The van der Waals surface area contributed by atoms with E-state index in [0.29, 0.717) is 17.7 Å². The number of carbonyl (C=O) groups is 2. The summed E-state index contributed by atoms with van der Waals surface area (Å²) in [4.78, 5) is 27.8. The monoisotopic (exact) mass is 444 g/mol. The van der Waals surface area contributed by atoms with Gasteiger partial charge in [0.15, 0.2) is 0 Å². The summed E-state index contributed by atoms with van der Waals surface area (Å²) in [6.07, 6.45) is 8.14. The quantitative estimate of drug-likeness (QED) is 0.680. The van der Waals surface area contributed by atoms with E-state index in [4.69, 9.17) is 11.0 Å². The van der Waals surface area contributed by atoms with Crippen molar-refractivity contribution in [3.63, 3.8) is 0 Å². The van der Waals surface area contributed by atoms with Crippen LogP contribution < -0.4 is 11.1 Å². The van der Waals surface area contributed by atoms with Crippen LogP contribution >= 0.6 is 0 Å². The first kappa shape index (κ1) is 23.0. The van der Waals surface area contributed by atoms with Gasteiger partial charge < -0.3 is 16.0 Å². The second-order valence-electron chi connectivity index (χ2n) is 9.31. The van der Waals surface area contributed by atoms with Crippen LogP contribution in [0.5, 0.6) is 0 Å². The number of nitrogens with zero attached hydrogens (tertiary/aromatic N) is 2. The molecule has 0 heterocycles. The lowest BCUT2D eigenvalue weighted by molar-refractivity contribution is -0.119. The third-order valence-corrected chi connectivity index (χ3v) is 7.00. The van der Waals surface area contributed by atoms with E-state index in [9.17, 15) is 9.59 Å². The van der Waals surface area contributed by atoms with Crippen molar-refractivity contribution in [2.75, 3.05) is 5.32 Å². The molecule has 2 aliphatic rings. The standard InChI is InChI=1S/C27H32N4O2/c28-17-19-9-13-22(14-10-19)27(33)31(25-8-4-3-7-24(25)29)18-20-11-15-23(16-12-20)30-26(32)21-5-1-2-6-21/h9-16,21,24-25H,1-8,18,29H2,(H,30,32). The molecule has 0 aromatic heterocycles. The van der Waals surface area contributed by atoms with E-state index in [1.165, 1.54) is 0 Å². The molecule has 2 aromatic rings. The van der Waals surface area contributed by atoms with Gasteiger partial charge in [-0.2, -0.15) is 5.26 Å². The molecule has 0 spiro atoms. The fourth-order valence-electron chi connectivity index (χ4n) is 5.04. The summed E-state index contributed by atoms with van der Waals surface area (Å²) in [6, 6.07) is 16.6. The Morgan fingerprint density at radius 2 is 1.58 bits per heavy atom. The minimum absolute atomic E-state index is 0.0244. The molecule has 2 aromatic carbocycles. The molecule has 0 bridgehead atoms. The molecule has 33 heavy (non-hydrogen) atoms. The van der Waals surface area contributed by atoms with Crippen LogP contribution in [0.2, 0.25) is 0 Å². The average molecular weight is 445 g/mol.